The summed E-state index contributed by atoms with van der Waals surface area (Å²) in [5.74, 6) is 0.242. The SMILES string of the molecule is O=C(NO)[C@H]1CNCCN1S(=O)(=O)c1ccc(Oc2ccc(Cl)cc2)cc1. The van der Waals surface area contributed by atoms with Crippen molar-refractivity contribution in [3.05, 3.63) is 53.6 Å². The van der Waals surface area contributed by atoms with E-state index in [2.05, 4.69) is 5.32 Å². The topological polar surface area (TPSA) is 108 Å². The largest absolute Gasteiger partial charge is 0.457 e. The summed E-state index contributed by atoms with van der Waals surface area (Å²) in [7, 11) is -3.91. The average molecular weight is 412 g/mol. The number of benzene rings is 2. The zero-order chi connectivity index (χ0) is 19.4. The molecule has 144 valence electrons. The molecule has 0 aliphatic carbocycles. The van der Waals surface area contributed by atoms with Crippen LogP contribution in [0.25, 0.3) is 0 Å². The van der Waals surface area contributed by atoms with Crippen molar-refractivity contribution in [2.75, 3.05) is 19.6 Å². The Morgan fingerprint density at radius 1 is 1.15 bits per heavy atom. The van der Waals surface area contributed by atoms with Crippen LogP contribution in [0.15, 0.2) is 53.4 Å². The third-order valence-corrected chi connectivity index (χ3v) is 6.26. The van der Waals surface area contributed by atoms with E-state index in [9.17, 15) is 13.2 Å². The van der Waals surface area contributed by atoms with Crippen LogP contribution in [0.4, 0.5) is 0 Å². The lowest BCUT2D eigenvalue weighted by Gasteiger charge is -2.33. The van der Waals surface area contributed by atoms with E-state index in [1.165, 1.54) is 29.7 Å². The number of piperazine rings is 1. The zero-order valence-electron chi connectivity index (χ0n) is 14.1. The summed E-state index contributed by atoms with van der Waals surface area (Å²) in [5.41, 5.74) is 1.51. The molecule has 2 aromatic carbocycles. The number of carbonyl (C=O) groups is 1. The number of halogens is 1. The molecule has 0 aromatic heterocycles. The van der Waals surface area contributed by atoms with Gasteiger partial charge in [0.05, 0.1) is 4.90 Å². The molecule has 2 aromatic rings. The summed E-state index contributed by atoms with van der Waals surface area (Å²) < 4.78 is 32.5. The zero-order valence-corrected chi connectivity index (χ0v) is 15.7. The van der Waals surface area contributed by atoms with Crippen molar-refractivity contribution in [3.63, 3.8) is 0 Å². The Bertz CT molecular complexity index is 903. The molecule has 10 heteroatoms. The van der Waals surface area contributed by atoms with Crippen molar-refractivity contribution in [3.8, 4) is 11.5 Å². The third kappa shape index (κ3) is 4.40. The van der Waals surface area contributed by atoms with Gasteiger partial charge in [0.15, 0.2) is 0 Å². The minimum Gasteiger partial charge on any atom is -0.457 e. The number of rotatable bonds is 5. The van der Waals surface area contributed by atoms with E-state index < -0.39 is 22.0 Å². The normalized spacial score (nSPS) is 18.1. The van der Waals surface area contributed by atoms with Crippen LogP contribution >= 0.6 is 11.6 Å². The van der Waals surface area contributed by atoms with Crippen LogP contribution in [0.2, 0.25) is 5.02 Å². The third-order valence-electron chi connectivity index (χ3n) is 4.09. The molecule has 1 atom stereocenters. The Morgan fingerprint density at radius 2 is 1.74 bits per heavy atom. The van der Waals surface area contributed by atoms with Crippen molar-refractivity contribution in [1.82, 2.24) is 15.1 Å². The molecule has 1 amide bonds. The van der Waals surface area contributed by atoms with Gasteiger partial charge < -0.3 is 10.1 Å². The molecule has 0 unspecified atom stereocenters. The molecule has 3 N–H and O–H groups in total. The summed E-state index contributed by atoms with van der Waals surface area (Å²) in [6.45, 7) is 0.638. The molecular formula is C17H18ClN3O5S. The fraction of sp³-hybridized carbons (Fsp3) is 0.235. The predicted molar refractivity (Wildman–Crippen MR) is 98.4 cm³/mol. The van der Waals surface area contributed by atoms with Crippen molar-refractivity contribution in [1.29, 1.82) is 0 Å². The lowest BCUT2D eigenvalue weighted by atomic mass is 10.2. The first kappa shape index (κ1) is 19.6. The molecule has 3 rings (SSSR count). The van der Waals surface area contributed by atoms with Gasteiger partial charge in [0.2, 0.25) is 10.0 Å². The number of ether oxygens (including phenoxy) is 1. The Balaban J connectivity index is 1.80. The van der Waals surface area contributed by atoms with Crippen molar-refractivity contribution in [2.45, 2.75) is 10.9 Å². The van der Waals surface area contributed by atoms with E-state index in [4.69, 9.17) is 21.5 Å². The molecule has 1 aliphatic rings. The van der Waals surface area contributed by atoms with Crippen molar-refractivity contribution < 1.29 is 23.2 Å². The van der Waals surface area contributed by atoms with Crippen molar-refractivity contribution in [2.24, 2.45) is 0 Å². The number of nitrogens with one attached hydrogen (secondary N) is 2. The number of sulfonamides is 1. The van der Waals surface area contributed by atoms with Crippen LogP contribution in [0.5, 0.6) is 11.5 Å². The first-order valence-electron chi connectivity index (χ1n) is 8.12. The van der Waals surface area contributed by atoms with E-state index in [1.54, 1.807) is 24.3 Å². The van der Waals surface area contributed by atoms with Crippen molar-refractivity contribution >= 4 is 27.5 Å². The Kier molecular flexibility index (Phi) is 5.98. The van der Waals surface area contributed by atoms with Gasteiger partial charge in [-0.05, 0) is 48.5 Å². The highest BCUT2D eigenvalue weighted by atomic mass is 35.5. The van der Waals surface area contributed by atoms with E-state index in [0.717, 1.165) is 4.31 Å². The highest BCUT2D eigenvalue weighted by Crippen LogP contribution is 2.26. The van der Waals surface area contributed by atoms with Gasteiger partial charge in [0.25, 0.3) is 5.91 Å². The molecule has 8 nitrogen and oxygen atoms in total. The summed E-state index contributed by atoms with van der Waals surface area (Å²) >= 11 is 5.83. The molecule has 1 heterocycles. The molecule has 1 fully saturated rings. The smallest absolute Gasteiger partial charge is 0.263 e. The van der Waals surface area contributed by atoms with Gasteiger partial charge in [-0.2, -0.15) is 4.31 Å². The number of nitrogens with zero attached hydrogens (tertiary/aromatic N) is 1. The minimum absolute atomic E-state index is 0.0311. The first-order valence-corrected chi connectivity index (χ1v) is 9.93. The fourth-order valence-corrected chi connectivity index (χ4v) is 4.44. The number of carbonyl (C=O) groups excluding carboxylic acids is 1. The average Bonchev–Trinajstić information content (AvgIpc) is 2.69. The van der Waals surface area contributed by atoms with Crippen LogP contribution in [0, 0.1) is 0 Å². The molecule has 0 spiro atoms. The van der Waals surface area contributed by atoms with E-state index >= 15 is 0 Å². The van der Waals surface area contributed by atoms with E-state index in [0.29, 0.717) is 23.1 Å². The summed E-state index contributed by atoms with van der Waals surface area (Å²) in [4.78, 5) is 11.8. The molecule has 27 heavy (non-hydrogen) atoms. The molecular weight excluding hydrogens is 394 g/mol. The Hall–Kier alpha value is -2.17. The highest BCUT2D eigenvalue weighted by molar-refractivity contribution is 7.89. The second kappa shape index (κ2) is 8.24. The standard InChI is InChI=1S/C17H18ClN3O5S/c18-12-1-3-13(4-2-12)26-14-5-7-15(8-6-14)27(24,25)21-10-9-19-11-16(21)17(22)20-23/h1-8,16,19,23H,9-11H2,(H,20,22)/t16-/m1/s1. The summed E-state index contributed by atoms with van der Waals surface area (Å²) in [6.07, 6.45) is 0. The maximum atomic E-state index is 12.9. The van der Waals surface area contributed by atoms with Crippen LogP contribution in [-0.2, 0) is 14.8 Å². The highest BCUT2D eigenvalue weighted by Gasteiger charge is 2.37. The molecule has 0 radical (unpaired) electrons. The number of hydroxylamine groups is 1. The van der Waals surface area contributed by atoms with Crippen LogP contribution in [0.3, 0.4) is 0 Å². The van der Waals surface area contributed by atoms with Gasteiger partial charge in [0, 0.05) is 24.7 Å². The first-order chi connectivity index (χ1) is 12.9. The van der Waals surface area contributed by atoms with Gasteiger partial charge in [-0.1, -0.05) is 11.6 Å². The number of hydrogen-bond acceptors (Lipinski definition) is 6. The lowest BCUT2D eigenvalue weighted by Crippen LogP contribution is -2.59. The number of amides is 1. The lowest BCUT2D eigenvalue weighted by molar-refractivity contribution is -0.133. The van der Waals surface area contributed by atoms with Gasteiger partial charge >= 0.3 is 0 Å². The Morgan fingerprint density at radius 3 is 2.33 bits per heavy atom. The molecule has 0 saturated carbocycles. The fourth-order valence-electron chi connectivity index (χ4n) is 2.73. The van der Waals surface area contributed by atoms with Gasteiger partial charge in [-0.15, -0.1) is 0 Å². The molecule has 1 aliphatic heterocycles. The van der Waals surface area contributed by atoms with E-state index in [-0.39, 0.29) is 18.0 Å². The second-order valence-corrected chi connectivity index (χ2v) is 8.17. The maximum Gasteiger partial charge on any atom is 0.263 e. The number of hydrogen-bond donors (Lipinski definition) is 3. The van der Waals surface area contributed by atoms with Gasteiger partial charge in [-0.25, -0.2) is 13.9 Å². The van der Waals surface area contributed by atoms with E-state index in [1.807, 2.05) is 0 Å². The predicted octanol–water partition coefficient (Wildman–Crippen LogP) is 1.60. The monoisotopic (exact) mass is 411 g/mol. The van der Waals surface area contributed by atoms with Gasteiger partial charge in [-0.3, -0.25) is 10.0 Å². The van der Waals surface area contributed by atoms with Crippen LogP contribution in [-0.4, -0.2) is 49.5 Å². The Labute approximate surface area is 161 Å². The maximum absolute atomic E-state index is 12.9. The molecule has 1 saturated heterocycles. The van der Waals surface area contributed by atoms with Gasteiger partial charge in [0.1, 0.15) is 17.5 Å². The van der Waals surface area contributed by atoms with Crippen LogP contribution in [0.1, 0.15) is 0 Å². The van der Waals surface area contributed by atoms with Crippen LogP contribution < -0.4 is 15.5 Å². The second-order valence-electron chi connectivity index (χ2n) is 5.84. The molecule has 0 bridgehead atoms. The minimum atomic E-state index is -3.91. The summed E-state index contributed by atoms with van der Waals surface area (Å²) in [6, 6.07) is 11.6. The quantitative estimate of drug-likeness (QED) is 0.509. The summed E-state index contributed by atoms with van der Waals surface area (Å²) in [5, 5.41) is 12.4.